The summed E-state index contributed by atoms with van der Waals surface area (Å²) >= 11 is 0. The topological polar surface area (TPSA) is 95.6 Å². The maximum absolute atomic E-state index is 11.2. The molecule has 1 unspecified atom stereocenters. The van der Waals surface area contributed by atoms with Crippen molar-refractivity contribution in [1.82, 2.24) is 5.32 Å². The molecule has 0 fully saturated rings. The van der Waals surface area contributed by atoms with E-state index in [2.05, 4.69) is 5.32 Å². The van der Waals surface area contributed by atoms with Crippen LogP contribution in [0.4, 0.5) is 0 Å². The highest BCUT2D eigenvalue weighted by Crippen LogP contribution is 2.21. The first-order valence-corrected chi connectivity index (χ1v) is 6.63. The minimum atomic E-state index is -0.785. The molecule has 110 valence electrons. The molecule has 0 spiro atoms. The molecule has 2 aromatic rings. The second kappa shape index (κ2) is 6.88. The Bertz CT molecular complexity index is 614. The predicted octanol–water partition coefficient (Wildman–Crippen LogP) is 1.31. The molecule has 0 aromatic heterocycles. The molecule has 1 amide bonds. The average Bonchev–Trinajstić information content (AvgIpc) is 2.48. The number of nitrogens with two attached hydrogens (primary N) is 1. The average molecular weight is 286 g/mol. The van der Waals surface area contributed by atoms with Gasteiger partial charge in [0.1, 0.15) is 5.75 Å². The van der Waals surface area contributed by atoms with E-state index in [1.54, 1.807) is 6.07 Å². The Morgan fingerprint density at radius 1 is 1.19 bits per heavy atom. The Balaban J connectivity index is 1.96. The van der Waals surface area contributed by atoms with Gasteiger partial charge in [-0.15, -0.1) is 0 Å². The summed E-state index contributed by atoms with van der Waals surface area (Å²) in [4.78, 5) is 11.2. The van der Waals surface area contributed by atoms with Gasteiger partial charge < -0.3 is 21.3 Å². The smallest absolute Gasteiger partial charge is 0.252 e. The van der Waals surface area contributed by atoms with Gasteiger partial charge >= 0.3 is 0 Å². The first kappa shape index (κ1) is 15.0. The summed E-state index contributed by atoms with van der Waals surface area (Å²) in [5.74, 6) is -0.908. The van der Waals surface area contributed by atoms with Gasteiger partial charge in [0.05, 0.1) is 11.7 Å². The summed E-state index contributed by atoms with van der Waals surface area (Å²) in [5.41, 5.74) is 6.82. The normalized spacial score (nSPS) is 12.0. The number of carbonyl (C=O) groups is 1. The lowest BCUT2D eigenvalue weighted by Crippen LogP contribution is -2.21. The van der Waals surface area contributed by atoms with E-state index in [1.807, 2.05) is 30.3 Å². The molecular formula is C16H18N2O3. The monoisotopic (exact) mass is 286 g/mol. The van der Waals surface area contributed by atoms with Crippen molar-refractivity contribution in [2.24, 2.45) is 5.73 Å². The van der Waals surface area contributed by atoms with Crippen molar-refractivity contribution in [1.29, 1.82) is 0 Å². The predicted molar refractivity (Wildman–Crippen MR) is 79.7 cm³/mol. The molecule has 5 nitrogen and oxygen atoms in total. The van der Waals surface area contributed by atoms with Crippen LogP contribution in [0.2, 0.25) is 0 Å². The van der Waals surface area contributed by atoms with E-state index in [4.69, 9.17) is 5.73 Å². The van der Waals surface area contributed by atoms with Crippen LogP contribution in [0.25, 0.3) is 0 Å². The number of carbonyl (C=O) groups excluding carboxylic acids is 1. The minimum absolute atomic E-state index is 0.00890. The van der Waals surface area contributed by atoms with E-state index < -0.39 is 12.0 Å². The fourth-order valence-electron chi connectivity index (χ4n) is 2.03. The largest absolute Gasteiger partial charge is 0.507 e. The summed E-state index contributed by atoms with van der Waals surface area (Å²) in [5, 5.41) is 22.7. The number of nitrogens with one attached hydrogen (secondary N) is 1. The Labute approximate surface area is 123 Å². The van der Waals surface area contributed by atoms with Crippen molar-refractivity contribution in [2.45, 2.75) is 12.6 Å². The van der Waals surface area contributed by atoms with Gasteiger partial charge in [-0.3, -0.25) is 4.79 Å². The lowest BCUT2D eigenvalue weighted by Gasteiger charge is -2.13. The van der Waals surface area contributed by atoms with E-state index in [-0.39, 0.29) is 11.3 Å². The van der Waals surface area contributed by atoms with Crippen molar-refractivity contribution in [3.8, 4) is 5.75 Å². The van der Waals surface area contributed by atoms with Gasteiger partial charge in [0.2, 0.25) is 0 Å². The molecular weight excluding hydrogens is 268 g/mol. The number of amides is 1. The Kier molecular flexibility index (Phi) is 4.92. The van der Waals surface area contributed by atoms with Crippen LogP contribution in [0.5, 0.6) is 5.75 Å². The maximum atomic E-state index is 11.2. The molecule has 0 bridgehead atoms. The first-order valence-electron chi connectivity index (χ1n) is 6.63. The number of aromatic hydroxyl groups is 1. The third kappa shape index (κ3) is 4.05. The van der Waals surface area contributed by atoms with E-state index in [9.17, 15) is 15.0 Å². The number of hydrogen-bond donors (Lipinski definition) is 4. The fourth-order valence-corrected chi connectivity index (χ4v) is 2.03. The molecule has 0 saturated heterocycles. The molecule has 0 aliphatic heterocycles. The molecule has 0 aliphatic rings. The summed E-state index contributed by atoms with van der Waals surface area (Å²) in [6.07, 6.45) is -0.785. The summed E-state index contributed by atoms with van der Waals surface area (Å²) < 4.78 is 0. The summed E-state index contributed by atoms with van der Waals surface area (Å²) in [6.45, 7) is 0.969. The zero-order chi connectivity index (χ0) is 15.2. The van der Waals surface area contributed by atoms with Crippen molar-refractivity contribution >= 4 is 5.91 Å². The van der Waals surface area contributed by atoms with Crippen molar-refractivity contribution in [3.05, 3.63) is 65.2 Å². The summed E-state index contributed by atoms with van der Waals surface area (Å²) in [6, 6.07) is 14.2. The molecule has 2 aromatic carbocycles. The van der Waals surface area contributed by atoms with Crippen LogP contribution >= 0.6 is 0 Å². The minimum Gasteiger partial charge on any atom is -0.507 e. The quantitative estimate of drug-likeness (QED) is 0.644. The Morgan fingerprint density at radius 2 is 1.90 bits per heavy atom. The number of aliphatic hydroxyl groups excluding tert-OH is 1. The van der Waals surface area contributed by atoms with Crippen molar-refractivity contribution < 1.29 is 15.0 Å². The van der Waals surface area contributed by atoms with Gasteiger partial charge in [0.25, 0.3) is 5.91 Å². The van der Waals surface area contributed by atoms with Gasteiger partial charge in [-0.2, -0.15) is 0 Å². The molecule has 2 rings (SSSR count). The highest BCUT2D eigenvalue weighted by Gasteiger charge is 2.13. The van der Waals surface area contributed by atoms with Gasteiger partial charge in [-0.1, -0.05) is 36.4 Å². The number of primary amides is 1. The molecule has 1 atom stereocenters. The molecule has 0 heterocycles. The molecule has 5 heteroatoms. The second-order valence-electron chi connectivity index (χ2n) is 4.77. The zero-order valence-electron chi connectivity index (χ0n) is 11.5. The van der Waals surface area contributed by atoms with Crippen LogP contribution in [-0.4, -0.2) is 22.7 Å². The standard InChI is InChI=1S/C16H18N2O3/c17-16(21)13-8-12(6-7-14(13)19)15(20)10-18-9-11-4-2-1-3-5-11/h1-8,15,18-20H,9-10H2,(H2,17,21). The van der Waals surface area contributed by atoms with Gasteiger partial charge in [0, 0.05) is 13.1 Å². The van der Waals surface area contributed by atoms with Gasteiger partial charge in [-0.05, 0) is 23.3 Å². The van der Waals surface area contributed by atoms with Crippen LogP contribution < -0.4 is 11.1 Å². The van der Waals surface area contributed by atoms with Crippen molar-refractivity contribution in [3.63, 3.8) is 0 Å². The van der Waals surface area contributed by atoms with Crippen molar-refractivity contribution in [2.75, 3.05) is 6.54 Å². The van der Waals surface area contributed by atoms with Crippen LogP contribution in [-0.2, 0) is 6.54 Å². The lowest BCUT2D eigenvalue weighted by atomic mass is 10.0. The SMILES string of the molecule is NC(=O)c1cc(C(O)CNCc2ccccc2)ccc1O. The van der Waals surface area contributed by atoms with Crippen LogP contribution in [0.3, 0.4) is 0 Å². The third-order valence-electron chi connectivity index (χ3n) is 3.18. The van der Waals surface area contributed by atoms with E-state index in [0.29, 0.717) is 18.7 Å². The van der Waals surface area contributed by atoms with E-state index in [1.165, 1.54) is 12.1 Å². The number of benzene rings is 2. The van der Waals surface area contributed by atoms with Gasteiger partial charge in [-0.25, -0.2) is 0 Å². The number of phenols is 1. The highest BCUT2D eigenvalue weighted by atomic mass is 16.3. The molecule has 21 heavy (non-hydrogen) atoms. The Hall–Kier alpha value is -2.37. The molecule has 0 radical (unpaired) electrons. The Morgan fingerprint density at radius 3 is 2.57 bits per heavy atom. The lowest BCUT2D eigenvalue weighted by molar-refractivity contribution is 0.0997. The fraction of sp³-hybridized carbons (Fsp3) is 0.188. The molecule has 0 aliphatic carbocycles. The first-order chi connectivity index (χ1) is 10.1. The highest BCUT2D eigenvalue weighted by molar-refractivity contribution is 5.95. The zero-order valence-corrected chi connectivity index (χ0v) is 11.5. The summed E-state index contributed by atoms with van der Waals surface area (Å²) in [7, 11) is 0. The van der Waals surface area contributed by atoms with Crippen LogP contribution in [0.1, 0.15) is 27.6 Å². The third-order valence-corrected chi connectivity index (χ3v) is 3.18. The molecule has 5 N–H and O–H groups in total. The molecule has 0 saturated carbocycles. The second-order valence-corrected chi connectivity index (χ2v) is 4.77. The number of hydrogen-bond acceptors (Lipinski definition) is 4. The number of aliphatic hydroxyl groups is 1. The van der Waals surface area contributed by atoms with E-state index in [0.717, 1.165) is 5.56 Å². The van der Waals surface area contributed by atoms with Crippen LogP contribution in [0, 0.1) is 0 Å². The van der Waals surface area contributed by atoms with E-state index >= 15 is 0 Å². The van der Waals surface area contributed by atoms with Crippen LogP contribution in [0.15, 0.2) is 48.5 Å². The van der Waals surface area contributed by atoms with Gasteiger partial charge in [0.15, 0.2) is 0 Å². The maximum Gasteiger partial charge on any atom is 0.252 e. The number of rotatable bonds is 6.